The Labute approximate surface area is 131 Å². The maximum Gasteiger partial charge on any atom is 0.256 e. The Morgan fingerprint density at radius 3 is 2.45 bits per heavy atom. The van der Waals surface area contributed by atoms with Crippen LogP contribution in [0.5, 0.6) is 5.75 Å². The molecule has 0 atom stereocenters. The van der Waals surface area contributed by atoms with E-state index in [9.17, 15) is 15.0 Å². The fourth-order valence-corrected chi connectivity index (χ4v) is 3.03. The van der Waals surface area contributed by atoms with E-state index in [2.05, 4.69) is 5.32 Å². The predicted molar refractivity (Wildman–Crippen MR) is 78.9 cm³/mol. The molecule has 1 aromatic carbocycles. The summed E-state index contributed by atoms with van der Waals surface area (Å²) in [6.45, 7) is 0.103. The third-order valence-electron chi connectivity index (χ3n) is 3.48. The molecule has 1 saturated carbocycles. The molecule has 1 amide bonds. The summed E-state index contributed by atoms with van der Waals surface area (Å²) in [5.74, 6) is -1.03. The second-order valence-electron chi connectivity index (χ2n) is 4.99. The van der Waals surface area contributed by atoms with Crippen LogP contribution in [0.1, 0.15) is 36.0 Å². The van der Waals surface area contributed by atoms with Crippen LogP contribution in [0.25, 0.3) is 0 Å². The van der Waals surface area contributed by atoms with Gasteiger partial charge in [-0.3, -0.25) is 4.79 Å². The quantitative estimate of drug-likeness (QED) is 0.740. The molecule has 1 aliphatic rings. The highest BCUT2D eigenvalue weighted by Gasteiger charge is 2.32. The van der Waals surface area contributed by atoms with Gasteiger partial charge in [0.15, 0.2) is 0 Å². The summed E-state index contributed by atoms with van der Waals surface area (Å²) in [7, 11) is 0. The van der Waals surface area contributed by atoms with Crippen LogP contribution in [-0.4, -0.2) is 28.3 Å². The summed E-state index contributed by atoms with van der Waals surface area (Å²) >= 11 is 17.5. The van der Waals surface area contributed by atoms with E-state index in [1.165, 1.54) is 6.07 Å². The number of aromatic hydroxyl groups is 1. The van der Waals surface area contributed by atoms with Gasteiger partial charge in [-0.25, -0.2) is 0 Å². The molecule has 2 rings (SSSR count). The number of carbonyl (C=O) groups is 1. The molecular weight excluding hydrogens is 325 g/mol. The summed E-state index contributed by atoms with van der Waals surface area (Å²) in [5.41, 5.74) is -1.06. The second kappa shape index (κ2) is 5.98. The Hall–Kier alpha value is -0.680. The monoisotopic (exact) mass is 337 g/mol. The number of amides is 1. The predicted octanol–water partition coefficient (Wildman–Crippen LogP) is 3.39. The van der Waals surface area contributed by atoms with Crippen LogP contribution in [0.2, 0.25) is 15.1 Å². The van der Waals surface area contributed by atoms with Crippen molar-refractivity contribution < 1.29 is 15.0 Å². The van der Waals surface area contributed by atoms with Gasteiger partial charge < -0.3 is 15.5 Å². The standard InChI is InChI=1S/C13H14Cl3NO3/c14-7-5-8(15)11(18)9(10(7)16)12(19)17-6-13(20)3-1-2-4-13/h5,18,20H,1-4,6H2,(H,17,19). The van der Waals surface area contributed by atoms with Crippen LogP contribution in [0.15, 0.2) is 6.07 Å². The van der Waals surface area contributed by atoms with E-state index in [1.807, 2.05) is 0 Å². The molecule has 3 N–H and O–H groups in total. The van der Waals surface area contributed by atoms with Crippen LogP contribution >= 0.6 is 34.8 Å². The first kappa shape index (κ1) is 15.7. The number of phenolic OH excluding ortho intramolecular Hbond substituents is 1. The third kappa shape index (κ3) is 3.14. The van der Waals surface area contributed by atoms with Gasteiger partial charge in [-0.15, -0.1) is 0 Å². The van der Waals surface area contributed by atoms with E-state index in [4.69, 9.17) is 34.8 Å². The maximum atomic E-state index is 12.1. The molecule has 7 heteroatoms. The van der Waals surface area contributed by atoms with Gasteiger partial charge in [0.1, 0.15) is 11.3 Å². The van der Waals surface area contributed by atoms with Gasteiger partial charge in [0.25, 0.3) is 5.91 Å². The highest BCUT2D eigenvalue weighted by molar-refractivity contribution is 6.45. The Balaban J connectivity index is 2.17. The Morgan fingerprint density at radius 1 is 1.25 bits per heavy atom. The first-order chi connectivity index (χ1) is 9.34. The molecule has 0 saturated heterocycles. The van der Waals surface area contributed by atoms with Gasteiger partial charge in [0.2, 0.25) is 0 Å². The summed E-state index contributed by atoms with van der Waals surface area (Å²) < 4.78 is 0. The largest absolute Gasteiger partial charge is 0.505 e. The van der Waals surface area contributed by atoms with Gasteiger partial charge >= 0.3 is 0 Å². The number of carbonyl (C=O) groups excluding carboxylic acids is 1. The minimum Gasteiger partial charge on any atom is -0.505 e. The summed E-state index contributed by atoms with van der Waals surface area (Å²) in [4.78, 5) is 12.1. The second-order valence-corrected chi connectivity index (χ2v) is 6.18. The van der Waals surface area contributed by atoms with E-state index in [-0.39, 0.29) is 27.2 Å². The number of phenols is 1. The minimum atomic E-state index is -0.889. The van der Waals surface area contributed by atoms with Gasteiger partial charge in [0, 0.05) is 6.54 Å². The summed E-state index contributed by atoms with van der Waals surface area (Å²) in [6.07, 6.45) is 3.15. The minimum absolute atomic E-state index is 0.0517. The molecule has 20 heavy (non-hydrogen) atoms. The van der Waals surface area contributed by atoms with Crippen molar-refractivity contribution in [2.45, 2.75) is 31.3 Å². The molecule has 0 spiro atoms. The zero-order valence-corrected chi connectivity index (χ0v) is 12.8. The van der Waals surface area contributed by atoms with Gasteiger partial charge in [-0.05, 0) is 18.9 Å². The maximum absolute atomic E-state index is 12.1. The first-order valence-electron chi connectivity index (χ1n) is 6.21. The zero-order valence-electron chi connectivity index (χ0n) is 10.5. The number of halogens is 3. The molecule has 0 heterocycles. The normalized spacial score (nSPS) is 17.2. The van der Waals surface area contributed by atoms with E-state index in [0.717, 1.165) is 12.8 Å². The van der Waals surface area contributed by atoms with Gasteiger partial charge in [-0.2, -0.15) is 0 Å². The Morgan fingerprint density at radius 2 is 1.85 bits per heavy atom. The zero-order chi connectivity index (χ0) is 14.9. The van der Waals surface area contributed by atoms with E-state index >= 15 is 0 Å². The lowest BCUT2D eigenvalue weighted by Gasteiger charge is -2.22. The lowest BCUT2D eigenvalue weighted by Crippen LogP contribution is -2.40. The highest BCUT2D eigenvalue weighted by Crippen LogP contribution is 2.38. The summed E-state index contributed by atoms with van der Waals surface area (Å²) in [5, 5.41) is 22.5. The average molecular weight is 339 g/mol. The molecule has 0 aliphatic heterocycles. The Kier molecular flexibility index (Phi) is 4.69. The van der Waals surface area contributed by atoms with Crippen molar-refractivity contribution >= 4 is 40.7 Å². The van der Waals surface area contributed by atoms with Crippen LogP contribution in [-0.2, 0) is 0 Å². The van der Waals surface area contributed by atoms with Crippen molar-refractivity contribution in [3.8, 4) is 5.75 Å². The van der Waals surface area contributed by atoms with Crippen LogP contribution < -0.4 is 5.32 Å². The highest BCUT2D eigenvalue weighted by atomic mass is 35.5. The molecule has 1 fully saturated rings. The van der Waals surface area contributed by atoms with Gasteiger partial charge in [-0.1, -0.05) is 47.6 Å². The SMILES string of the molecule is O=C(NCC1(O)CCCC1)c1c(O)c(Cl)cc(Cl)c1Cl. The molecule has 0 unspecified atom stereocenters. The lowest BCUT2D eigenvalue weighted by atomic mass is 10.0. The molecule has 4 nitrogen and oxygen atoms in total. The van der Waals surface area contributed by atoms with Crippen molar-refractivity contribution in [2.75, 3.05) is 6.54 Å². The molecule has 1 aromatic rings. The lowest BCUT2D eigenvalue weighted by molar-refractivity contribution is 0.0449. The number of rotatable bonds is 3. The van der Waals surface area contributed by atoms with Crippen LogP contribution in [0.3, 0.4) is 0 Å². The third-order valence-corrected chi connectivity index (χ3v) is 4.56. The number of aliphatic hydroxyl groups is 1. The molecule has 0 bridgehead atoms. The average Bonchev–Trinajstić information content (AvgIpc) is 2.82. The molecule has 0 radical (unpaired) electrons. The number of hydrogen-bond acceptors (Lipinski definition) is 3. The van der Waals surface area contributed by atoms with Crippen molar-refractivity contribution in [3.05, 3.63) is 26.7 Å². The first-order valence-corrected chi connectivity index (χ1v) is 7.34. The number of benzene rings is 1. The fraction of sp³-hybridized carbons (Fsp3) is 0.462. The Bertz CT molecular complexity index is 516. The van der Waals surface area contributed by atoms with Crippen molar-refractivity contribution in [1.82, 2.24) is 5.32 Å². The smallest absolute Gasteiger partial charge is 0.256 e. The molecule has 110 valence electrons. The van der Waals surface area contributed by atoms with Crippen LogP contribution in [0.4, 0.5) is 0 Å². The fourth-order valence-electron chi connectivity index (χ4n) is 2.34. The molecule has 1 aliphatic carbocycles. The topological polar surface area (TPSA) is 69.6 Å². The van der Waals surface area contributed by atoms with Crippen molar-refractivity contribution in [2.24, 2.45) is 0 Å². The van der Waals surface area contributed by atoms with Gasteiger partial charge in [0.05, 0.1) is 20.7 Å². The van der Waals surface area contributed by atoms with E-state index in [1.54, 1.807) is 0 Å². The van der Waals surface area contributed by atoms with Crippen LogP contribution in [0, 0.1) is 0 Å². The molecular formula is C13H14Cl3NO3. The van der Waals surface area contributed by atoms with E-state index in [0.29, 0.717) is 12.8 Å². The number of hydrogen-bond donors (Lipinski definition) is 3. The number of nitrogens with one attached hydrogen (secondary N) is 1. The molecule has 0 aromatic heterocycles. The summed E-state index contributed by atoms with van der Waals surface area (Å²) in [6, 6.07) is 1.27. The van der Waals surface area contributed by atoms with Crippen molar-refractivity contribution in [1.29, 1.82) is 0 Å². The van der Waals surface area contributed by atoms with E-state index < -0.39 is 17.3 Å². The van der Waals surface area contributed by atoms with Crippen molar-refractivity contribution in [3.63, 3.8) is 0 Å².